The van der Waals surface area contributed by atoms with Crippen LogP contribution in [0.3, 0.4) is 0 Å². The zero-order valence-corrected chi connectivity index (χ0v) is 9.60. The Bertz CT molecular complexity index is 162. The molecule has 13 heavy (non-hydrogen) atoms. The molecule has 0 aromatic rings. The molecule has 0 aliphatic heterocycles. The standard InChI is InChI=1S/C9H19NO2S/c1-6(2)8(13)9(11)10-7(3)5-12-4/h6-8,13H,5H2,1-4H3,(H,10,11). The van der Waals surface area contributed by atoms with E-state index in [0.29, 0.717) is 6.61 Å². The van der Waals surface area contributed by atoms with Gasteiger partial charge in [-0.25, -0.2) is 0 Å². The number of nitrogens with one attached hydrogen (secondary N) is 1. The highest BCUT2D eigenvalue weighted by atomic mass is 32.1. The van der Waals surface area contributed by atoms with Crippen molar-refractivity contribution in [1.29, 1.82) is 0 Å². The van der Waals surface area contributed by atoms with E-state index < -0.39 is 0 Å². The molecule has 0 aromatic heterocycles. The van der Waals surface area contributed by atoms with Crippen LogP contribution in [-0.4, -0.2) is 30.9 Å². The molecule has 1 amide bonds. The highest BCUT2D eigenvalue weighted by Crippen LogP contribution is 2.08. The molecule has 0 fully saturated rings. The van der Waals surface area contributed by atoms with Crippen LogP contribution >= 0.6 is 12.6 Å². The first-order valence-corrected chi connectivity index (χ1v) is 4.98. The average Bonchev–Trinajstić information content (AvgIpc) is 2.03. The minimum Gasteiger partial charge on any atom is -0.383 e. The Labute approximate surface area is 85.6 Å². The third kappa shape index (κ3) is 5.16. The smallest absolute Gasteiger partial charge is 0.233 e. The van der Waals surface area contributed by atoms with E-state index in [2.05, 4.69) is 17.9 Å². The SMILES string of the molecule is COCC(C)NC(=O)C(S)C(C)C. The van der Waals surface area contributed by atoms with Crippen LogP contribution in [0.5, 0.6) is 0 Å². The van der Waals surface area contributed by atoms with E-state index in [-0.39, 0.29) is 23.1 Å². The second kappa shape index (κ2) is 6.27. The van der Waals surface area contributed by atoms with E-state index in [4.69, 9.17) is 4.74 Å². The van der Waals surface area contributed by atoms with Gasteiger partial charge in [0.15, 0.2) is 0 Å². The van der Waals surface area contributed by atoms with Gasteiger partial charge in [-0.05, 0) is 12.8 Å². The Morgan fingerprint density at radius 3 is 2.38 bits per heavy atom. The third-order valence-corrected chi connectivity index (χ3v) is 2.54. The summed E-state index contributed by atoms with van der Waals surface area (Å²) in [6, 6.07) is 0.0471. The van der Waals surface area contributed by atoms with E-state index >= 15 is 0 Å². The van der Waals surface area contributed by atoms with Crippen molar-refractivity contribution in [2.75, 3.05) is 13.7 Å². The third-order valence-electron chi connectivity index (χ3n) is 1.71. The summed E-state index contributed by atoms with van der Waals surface area (Å²) in [5.41, 5.74) is 0. The van der Waals surface area contributed by atoms with Gasteiger partial charge in [0.05, 0.1) is 11.9 Å². The van der Waals surface area contributed by atoms with Crippen LogP contribution in [0.2, 0.25) is 0 Å². The molecule has 0 rings (SSSR count). The first-order chi connectivity index (χ1) is 5.99. The molecule has 0 saturated heterocycles. The van der Waals surface area contributed by atoms with Gasteiger partial charge in [-0.2, -0.15) is 12.6 Å². The van der Waals surface area contributed by atoms with E-state index in [9.17, 15) is 4.79 Å². The van der Waals surface area contributed by atoms with Crippen LogP contribution < -0.4 is 5.32 Å². The summed E-state index contributed by atoms with van der Waals surface area (Å²) >= 11 is 4.21. The summed E-state index contributed by atoms with van der Waals surface area (Å²) in [5, 5.41) is 2.58. The number of methoxy groups -OCH3 is 1. The van der Waals surface area contributed by atoms with Gasteiger partial charge in [0.25, 0.3) is 0 Å². The van der Waals surface area contributed by atoms with E-state index in [1.54, 1.807) is 7.11 Å². The molecule has 2 atom stereocenters. The maximum Gasteiger partial charge on any atom is 0.233 e. The van der Waals surface area contributed by atoms with Crippen molar-refractivity contribution in [3.05, 3.63) is 0 Å². The summed E-state index contributed by atoms with van der Waals surface area (Å²) in [5.74, 6) is 0.223. The highest BCUT2D eigenvalue weighted by molar-refractivity contribution is 7.81. The Hall–Kier alpha value is -0.220. The largest absolute Gasteiger partial charge is 0.383 e. The zero-order valence-electron chi connectivity index (χ0n) is 8.70. The molecular weight excluding hydrogens is 186 g/mol. The molecule has 0 heterocycles. The van der Waals surface area contributed by atoms with Gasteiger partial charge in [0.2, 0.25) is 5.91 Å². The second-order valence-corrected chi connectivity index (χ2v) is 4.11. The molecule has 3 nitrogen and oxygen atoms in total. The van der Waals surface area contributed by atoms with Crippen molar-refractivity contribution < 1.29 is 9.53 Å². The lowest BCUT2D eigenvalue weighted by molar-refractivity contribution is -0.122. The highest BCUT2D eigenvalue weighted by Gasteiger charge is 2.18. The summed E-state index contributed by atoms with van der Waals surface area (Å²) in [6.07, 6.45) is 0. The topological polar surface area (TPSA) is 38.3 Å². The predicted octanol–water partition coefficient (Wildman–Crippen LogP) is 1.09. The average molecular weight is 205 g/mol. The maximum atomic E-state index is 11.4. The van der Waals surface area contributed by atoms with Crippen molar-refractivity contribution in [2.24, 2.45) is 5.92 Å². The fraction of sp³-hybridized carbons (Fsp3) is 0.889. The monoisotopic (exact) mass is 205 g/mol. The van der Waals surface area contributed by atoms with Gasteiger partial charge in [-0.1, -0.05) is 13.8 Å². The van der Waals surface area contributed by atoms with Gasteiger partial charge < -0.3 is 10.1 Å². The number of carbonyl (C=O) groups excluding carboxylic acids is 1. The van der Waals surface area contributed by atoms with Gasteiger partial charge in [0, 0.05) is 13.2 Å². The molecule has 0 bridgehead atoms. The van der Waals surface area contributed by atoms with Crippen LogP contribution in [0.4, 0.5) is 0 Å². The van der Waals surface area contributed by atoms with E-state index in [1.807, 2.05) is 20.8 Å². The Kier molecular flexibility index (Phi) is 6.16. The molecule has 0 aliphatic carbocycles. The molecule has 0 saturated carbocycles. The first-order valence-electron chi connectivity index (χ1n) is 4.46. The maximum absolute atomic E-state index is 11.4. The zero-order chi connectivity index (χ0) is 10.4. The number of ether oxygens (including phenoxy) is 1. The fourth-order valence-corrected chi connectivity index (χ4v) is 0.997. The molecule has 0 aliphatic rings. The molecule has 0 spiro atoms. The number of hydrogen-bond donors (Lipinski definition) is 2. The number of rotatable bonds is 5. The molecule has 0 radical (unpaired) electrons. The van der Waals surface area contributed by atoms with Crippen LogP contribution in [0.25, 0.3) is 0 Å². The number of hydrogen-bond acceptors (Lipinski definition) is 3. The lowest BCUT2D eigenvalue weighted by Crippen LogP contribution is -2.41. The van der Waals surface area contributed by atoms with Crippen molar-refractivity contribution in [2.45, 2.75) is 32.1 Å². The minimum atomic E-state index is -0.237. The lowest BCUT2D eigenvalue weighted by atomic mass is 10.1. The summed E-state index contributed by atoms with van der Waals surface area (Å²) < 4.78 is 4.91. The van der Waals surface area contributed by atoms with E-state index in [1.165, 1.54) is 0 Å². The summed E-state index contributed by atoms with van der Waals surface area (Å²) in [7, 11) is 1.61. The van der Waals surface area contributed by atoms with Gasteiger partial charge in [-0.15, -0.1) is 0 Å². The summed E-state index contributed by atoms with van der Waals surface area (Å²) in [6.45, 7) is 6.38. The second-order valence-electron chi connectivity index (χ2n) is 3.55. The van der Waals surface area contributed by atoms with Crippen molar-refractivity contribution >= 4 is 18.5 Å². The van der Waals surface area contributed by atoms with Crippen molar-refractivity contribution in [1.82, 2.24) is 5.32 Å². The molecular formula is C9H19NO2S. The first kappa shape index (κ1) is 12.8. The Morgan fingerprint density at radius 2 is 2.00 bits per heavy atom. The van der Waals surface area contributed by atoms with Crippen molar-refractivity contribution in [3.63, 3.8) is 0 Å². The molecule has 78 valence electrons. The minimum absolute atomic E-state index is 0.0251. The number of thiol groups is 1. The Morgan fingerprint density at radius 1 is 1.46 bits per heavy atom. The van der Waals surface area contributed by atoms with Crippen LogP contribution in [0.1, 0.15) is 20.8 Å². The summed E-state index contributed by atoms with van der Waals surface area (Å²) in [4.78, 5) is 11.4. The Balaban J connectivity index is 3.85. The number of carbonyl (C=O) groups is 1. The van der Waals surface area contributed by atoms with Crippen LogP contribution in [-0.2, 0) is 9.53 Å². The fourth-order valence-electron chi connectivity index (χ4n) is 0.923. The normalized spacial score (nSPS) is 15.5. The van der Waals surface area contributed by atoms with Gasteiger partial charge >= 0.3 is 0 Å². The molecule has 0 aromatic carbocycles. The lowest BCUT2D eigenvalue weighted by Gasteiger charge is -2.18. The van der Waals surface area contributed by atoms with Gasteiger partial charge in [0.1, 0.15) is 0 Å². The molecule has 2 unspecified atom stereocenters. The molecule has 4 heteroatoms. The van der Waals surface area contributed by atoms with E-state index in [0.717, 1.165) is 0 Å². The molecule has 1 N–H and O–H groups in total. The van der Waals surface area contributed by atoms with Crippen LogP contribution in [0.15, 0.2) is 0 Å². The van der Waals surface area contributed by atoms with Crippen molar-refractivity contribution in [3.8, 4) is 0 Å². The van der Waals surface area contributed by atoms with Crippen LogP contribution in [0, 0.1) is 5.92 Å². The van der Waals surface area contributed by atoms with Gasteiger partial charge in [-0.3, -0.25) is 4.79 Å². The quantitative estimate of drug-likeness (QED) is 0.659. The predicted molar refractivity (Wildman–Crippen MR) is 57.1 cm³/mol. The number of amides is 1.